The van der Waals surface area contributed by atoms with Crippen molar-refractivity contribution >= 4 is 28.5 Å². The standard InChI is InChI=1S/C26H23N3O3/c27-26(32)29(17-19-10-12-20-5-1-2-7-22(20)15-19)24-8-4-3-6-21(24)13-9-18-11-14-23(25(30)31)28-16-18/h1-8,10-12,14-16H,9,13,17H2,(H2,27,32)(H,30,31). The van der Waals surface area contributed by atoms with Crippen LogP contribution in [0.3, 0.4) is 0 Å². The number of para-hydroxylation sites is 1. The van der Waals surface area contributed by atoms with E-state index in [9.17, 15) is 9.59 Å². The Morgan fingerprint density at radius 3 is 2.28 bits per heavy atom. The number of carbonyl (C=O) groups excluding carboxylic acids is 1. The maximum absolute atomic E-state index is 12.4. The molecule has 0 atom stereocenters. The third-order valence-electron chi connectivity index (χ3n) is 5.43. The summed E-state index contributed by atoms with van der Waals surface area (Å²) >= 11 is 0. The Hall–Kier alpha value is -4.19. The smallest absolute Gasteiger partial charge is 0.354 e. The van der Waals surface area contributed by atoms with E-state index in [4.69, 9.17) is 10.8 Å². The number of urea groups is 1. The summed E-state index contributed by atoms with van der Waals surface area (Å²) in [6.45, 7) is 0.367. The highest BCUT2D eigenvalue weighted by molar-refractivity contribution is 5.92. The van der Waals surface area contributed by atoms with Crippen LogP contribution in [-0.4, -0.2) is 22.1 Å². The summed E-state index contributed by atoms with van der Waals surface area (Å²) in [4.78, 5) is 28.9. The van der Waals surface area contributed by atoms with Crippen molar-refractivity contribution in [1.29, 1.82) is 0 Å². The van der Waals surface area contributed by atoms with Crippen molar-refractivity contribution in [2.45, 2.75) is 19.4 Å². The topological polar surface area (TPSA) is 96.5 Å². The van der Waals surface area contributed by atoms with E-state index in [0.29, 0.717) is 19.4 Å². The van der Waals surface area contributed by atoms with Crippen LogP contribution in [0.5, 0.6) is 0 Å². The quantitative estimate of drug-likeness (QED) is 0.444. The molecule has 0 saturated carbocycles. The number of nitrogens with zero attached hydrogens (tertiary/aromatic N) is 2. The molecular formula is C26H23N3O3. The molecule has 0 aliphatic rings. The van der Waals surface area contributed by atoms with Gasteiger partial charge in [-0.2, -0.15) is 0 Å². The van der Waals surface area contributed by atoms with E-state index in [1.54, 1.807) is 17.2 Å². The number of nitrogens with two attached hydrogens (primary N) is 1. The average Bonchev–Trinajstić information content (AvgIpc) is 2.81. The van der Waals surface area contributed by atoms with Gasteiger partial charge in [-0.15, -0.1) is 0 Å². The first-order chi connectivity index (χ1) is 15.5. The first kappa shape index (κ1) is 21.1. The molecule has 1 heterocycles. The third kappa shape index (κ3) is 4.75. The van der Waals surface area contributed by atoms with Crippen molar-refractivity contribution in [1.82, 2.24) is 4.98 Å². The number of rotatable bonds is 7. The van der Waals surface area contributed by atoms with Crippen molar-refractivity contribution in [2.24, 2.45) is 5.73 Å². The fourth-order valence-electron chi connectivity index (χ4n) is 3.76. The maximum Gasteiger partial charge on any atom is 0.354 e. The lowest BCUT2D eigenvalue weighted by atomic mass is 10.0. The predicted molar refractivity (Wildman–Crippen MR) is 125 cm³/mol. The zero-order valence-corrected chi connectivity index (χ0v) is 17.4. The molecule has 6 heteroatoms. The van der Waals surface area contributed by atoms with Gasteiger partial charge in [0.1, 0.15) is 5.69 Å². The number of anilines is 1. The summed E-state index contributed by atoms with van der Waals surface area (Å²) in [6.07, 6.45) is 2.89. The first-order valence-corrected chi connectivity index (χ1v) is 10.3. The van der Waals surface area contributed by atoms with E-state index in [-0.39, 0.29) is 5.69 Å². The first-order valence-electron chi connectivity index (χ1n) is 10.3. The minimum Gasteiger partial charge on any atom is -0.477 e. The van der Waals surface area contributed by atoms with Gasteiger partial charge in [0.25, 0.3) is 0 Å². The molecule has 0 saturated heterocycles. The number of fused-ring (bicyclic) bond motifs is 1. The van der Waals surface area contributed by atoms with E-state index in [1.807, 2.05) is 54.6 Å². The van der Waals surface area contributed by atoms with Crippen LogP contribution in [0.2, 0.25) is 0 Å². The Balaban J connectivity index is 1.56. The monoisotopic (exact) mass is 425 g/mol. The van der Waals surface area contributed by atoms with Crippen molar-refractivity contribution in [3.05, 3.63) is 107 Å². The Kier molecular flexibility index (Phi) is 6.12. The van der Waals surface area contributed by atoms with Gasteiger partial charge in [-0.3, -0.25) is 4.90 Å². The molecule has 0 bridgehead atoms. The van der Waals surface area contributed by atoms with E-state index in [2.05, 4.69) is 17.1 Å². The number of pyridine rings is 1. The van der Waals surface area contributed by atoms with Crippen LogP contribution >= 0.6 is 0 Å². The fourth-order valence-corrected chi connectivity index (χ4v) is 3.76. The third-order valence-corrected chi connectivity index (χ3v) is 5.43. The van der Waals surface area contributed by atoms with E-state index < -0.39 is 12.0 Å². The highest BCUT2D eigenvalue weighted by Gasteiger charge is 2.17. The zero-order valence-electron chi connectivity index (χ0n) is 17.4. The number of benzene rings is 3. The van der Waals surface area contributed by atoms with Crippen LogP contribution in [0.1, 0.15) is 27.2 Å². The highest BCUT2D eigenvalue weighted by Crippen LogP contribution is 2.25. The lowest BCUT2D eigenvalue weighted by molar-refractivity contribution is 0.0690. The van der Waals surface area contributed by atoms with E-state index >= 15 is 0 Å². The molecule has 32 heavy (non-hydrogen) atoms. The lowest BCUT2D eigenvalue weighted by Gasteiger charge is -2.24. The van der Waals surface area contributed by atoms with Gasteiger partial charge in [0.2, 0.25) is 0 Å². The number of aromatic nitrogens is 1. The Bertz CT molecular complexity index is 1270. The summed E-state index contributed by atoms with van der Waals surface area (Å²) in [5.74, 6) is -1.05. The molecule has 3 aromatic carbocycles. The zero-order chi connectivity index (χ0) is 22.5. The van der Waals surface area contributed by atoms with Crippen molar-refractivity contribution in [2.75, 3.05) is 4.90 Å². The van der Waals surface area contributed by atoms with Crippen molar-refractivity contribution < 1.29 is 14.7 Å². The Morgan fingerprint density at radius 1 is 0.844 bits per heavy atom. The average molecular weight is 425 g/mol. The number of aromatic carboxylic acids is 1. The number of carboxylic acids is 1. The van der Waals surface area contributed by atoms with E-state index in [0.717, 1.165) is 33.2 Å². The number of hydrogen-bond acceptors (Lipinski definition) is 3. The molecule has 0 unspecified atom stereocenters. The second kappa shape index (κ2) is 9.31. The molecule has 0 radical (unpaired) electrons. The molecule has 4 rings (SSSR count). The van der Waals surface area contributed by atoms with Crippen LogP contribution < -0.4 is 10.6 Å². The minimum absolute atomic E-state index is 0.0180. The Morgan fingerprint density at radius 2 is 1.56 bits per heavy atom. The molecule has 2 amide bonds. The van der Waals surface area contributed by atoms with Crippen LogP contribution in [0.15, 0.2) is 85.1 Å². The molecule has 0 fully saturated rings. The number of aryl methyl sites for hydroxylation is 2. The number of carbonyl (C=O) groups is 2. The van der Waals surface area contributed by atoms with Gasteiger partial charge in [0.05, 0.1) is 6.54 Å². The van der Waals surface area contributed by atoms with Gasteiger partial charge in [-0.25, -0.2) is 14.6 Å². The van der Waals surface area contributed by atoms with Crippen LogP contribution in [-0.2, 0) is 19.4 Å². The summed E-state index contributed by atoms with van der Waals surface area (Å²) in [7, 11) is 0. The molecule has 6 nitrogen and oxygen atoms in total. The molecule has 1 aromatic heterocycles. The number of primary amides is 1. The number of amides is 2. The van der Waals surface area contributed by atoms with Gasteiger partial charge in [-0.05, 0) is 58.5 Å². The SMILES string of the molecule is NC(=O)N(Cc1ccc2ccccc2c1)c1ccccc1CCc1ccc(C(=O)O)nc1. The number of carboxylic acid groups (broad SMARTS) is 1. The summed E-state index contributed by atoms with van der Waals surface area (Å²) in [6, 6.07) is 24.7. The fraction of sp³-hybridized carbons (Fsp3) is 0.115. The van der Waals surface area contributed by atoms with Crippen LogP contribution in [0, 0.1) is 0 Å². The molecule has 160 valence electrons. The van der Waals surface area contributed by atoms with Gasteiger partial charge in [0, 0.05) is 11.9 Å². The van der Waals surface area contributed by atoms with Crippen LogP contribution in [0.25, 0.3) is 10.8 Å². The van der Waals surface area contributed by atoms with E-state index in [1.165, 1.54) is 6.07 Å². The van der Waals surface area contributed by atoms with Gasteiger partial charge >= 0.3 is 12.0 Å². The van der Waals surface area contributed by atoms with Gasteiger partial charge in [0.15, 0.2) is 0 Å². The van der Waals surface area contributed by atoms with Gasteiger partial charge < -0.3 is 10.8 Å². The summed E-state index contributed by atoms with van der Waals surface area (Å²) in [5, 5.41) is 11.3. The predicted octanol–water partition coefficient (Wildman–Crippen LogP) is 4.80. The largest absolute Gasteiger partial charge is 0.477 e. The molecule has 4 aromatic rings. The Labute approximate surface area is 185 Å². The molecular weight excluding hydrogens is 402 g/mol. The highest BCUT2D eigenvalue weighted by atomic mass is 16.4. The van der Waals surface area contributed by atoms with Gasteiger partial charge in [-0.1, -0.05) is 60.7 Å². The number of hydrogen-bond donors (Lipinski definition) is 2. The summed E-state index contributed by atoms with van der Waals surface area (Å²) in [5.41, 5.74) is 9.45. The molecule has 0 aliphatic heterocycles. The molecule has 3 N–H and O–H groups in total. The second-order valence-corrected chi connectivity index (χ2v) is 7.59. The minimum atomic E-state index is -1.05. The lowest BCUT2D eigenvalue weighted by Crippen LogP contribution is -2.35. The van der Waals surface area contributed by atoms with Crippen LogP contribution in [0.4, 0.5) is 10.5 Å². The van der Waals surface area contributed by atoms with Crippen molar-refractivity contribution in [3.63, 3.8) is 0 Å². The van der Waals surface area contributed by atoms with Crippen molar-refractivity contribution in [3.8, 4) is 0 Å². The molecule has 0 aliphatic carbocycles. The normalized spacial score (nSPS) is 10.8. The molecule has 0 spiro atoms. The second-order valence-electron chi connectivity index (χ2n) is 7.59. The maximum atomic E-state index is 12.4. The summed E-state index contributed by atoms with van der Waals surface area (Å²) < 4.78 is 0.